The number of thioether (sulfide) groups is 1. The Kier molecular flexibility index (Phi) is 7.22. The topological polar surface area (TPSA) is 95.9 Å². The van der Waals surface area contributed by atoms with Crippen LogP contribution in [0.2, 0.25) is 0 Å². The fraction of sp³-hybridized carbons (Fsp3) is 0.714. The van der Waals surface area contributed by atoms with Crippen molar-refractivity contribution in [2.24, 2.45) is 11.7 Å². The molecular formula is C14H25NO4S. The van der Waals surface area contributed by atoms with Gasteiger partial charge in [0, 0.05) is 11.8 Å². The van der Waals surface area contributed by atoms with Crippen molar-refractivity contribution in [2.75, 3.05) is 5.75 Å². The Morgan fingerprint density at radius 1 is 1.20 bits per heavy atom. The van der Waals surface area contributed by atoms with Crippen molar-refractivity contribution < 1.29 is 20.1 Å². The smallest absolute Gasteiger partial charge is 0.132 e. The van der Waals surface area contributed by atoms with E-state index >= 15 is 0 Å². The van der Waals surface area contributed by atoms with Gasteiger partial charge in [-0.2, -0.15) is 0 Å². The number of aliphatic hydroxyl groups excluding tert-OH is 3. The van der Waals surface area contributed by atoms with E-state index in [9.17, 15) is 15.3 Å². The normalized spacial score (nSPS) is 37.1. The molecule has 1 aliphatic rings. The summed E-state index contributed by atoms with van der Waals surface area (Å²) in [4.78, 5) is 0. The second-order valence-electron chi connectivity index (χ2n) is 5.14. The number of allylic oxidation sites excluding steroid dienone is 1. The zero-order valence-corrected chi connectivity index (χ0v) is 12.6. The van der Waals surface area contributed by atoms with E-state index in [1.54, 1.807) is 12.2 Å². The van der Waals surface area contributed by atoms with E-state index in [1.807, 2.05) is 6.92 Å². The van der Waals surface area contributed by atoms with E-state index in [-0.39, 0.29) is 5.92 Å². The Labute approximate surface area is 124 Å². The Morgan fingerprint density at radius 2 is 1.85 bits per heavy atom. The lowest BCUT2D eigenvalue weighted by Crippen LogP contribution is -2.62. The van der Waals surface area contributed by atoms with Gasteiger partial charge in [-0.15, -0.1) is 24.9 Å². The highest BCUT2D eigenvalue weighted by Gasteiger charge is 2.46. The van der Waals surface area contributed by atoms with Gasteiger partial charge >= 0.3 is 0 Å². The van der Waals surface area contributed by atoms with Crippen LogP contribution < -0.4 is 5.73 Å². The van der Waals surface area contributed by atoms with Gasteiger partial charge in [0.05, 0.1) is 0 Å². The third-order valence-electron chi connectivity index (χ3n) is 3.56. The van der Waals surface area contributed by atoms with Crippen molar-refractivity contribution in [2.45, 2.75) is 49.2 Å². The molecule has 0 aliphatic carbocycles. The quantitative estimate of drug-likeness (QED) is 0.504. The minimum atomic E-state index is -1.27. The zero-order valence-electron chi connectivity index (χ0n) is 11.8. The van der Waals surface area contributed by atoms with Crippen molar-refractivity contribution >= 4 is 11.8 Å². The van der Waals surface area contributed by atoms with Crippen LogP contribution in [-0.2, 0) is 4.74 Å². The van der Waals surface area contributed by atoms with E-state index in [0.29, 0.717) is 12.2 Å². The molecule has 1 saturated heterocycles. The highest BCUT2D eigenvalue weighted by atomic mass is 32.2. The van der Waals surface area contributed by atoms with E-state index in [1.165, 1.54) is 11.8 Å². The van der Waals surface area contributed by atoms with Gasteiger partial charge in [0.25, 0.3) is 0 Å². The van der Waals surface area contributed by atoms with Gasteiger partial charge in [0.2, 0.25) is 0 Å². The number of ether oxygens (including phenoxy) is 1. The first-order chi connectivity index (χ1) is 9.43. The van der Waals surface area contributed by atoms with Gasteiger partial charge in [0.15, 0.2) is 0 Å². The molecule has 1 fully saturated rings. The first-order valence-electron chi connectivity index (χ1n) is 6.72. The average Bonchev–Trinajstić information content (AvgIpc) is 2.43. The fourth-order valence-corrected chi connectivity index (χ4v) is 3.13. The maximum atomic E-state index is 10.1. The third-order valence-corrected chi connectivity index (χ3v) is 4.71. The molecule has 5 N–H and O–H groups in total. The molecule has 7 unspecified atom stereocenters. The maximum Gasteiger partial charge on any atom is 0.132 e. The SMILES string of the molecule is C=CCSC1OC(C(N)C(C)CC=C)C(O)C(O)C1O. The van der Waals surface area contributed by atoms with E-state index in [2.05, 4.69) is 13.2 Å². The number of hydrogen-bond acceptors (Lipinski definition) is 6. The molecule has 0 aromatic rings. The lowest BCUT2D eigenvalue weighted by atomic mass is 9.87. The summed E-state index contributed by atoms with van der Waals surface area (Å²) < 4.78 is 5.71. The Hall–Kier alpha value is -0.370. The fourth-order valence-electron chi connectivity index (χ4n) is 2.24. The van der Waals surface area contributed by atoms with Crippen molar-refractivity contribution in [1.82, 2.24) is 0 Å². The molecule has 1 aliphatic heterocycles. The number of aliphatic hydroxyl groups is 3. The number of hydrogen-bond donors (Lipinski definition) is 4. The van der Waals surface area contributed by atoms with E-state index < -0.39 is 35.9 Å². The summed E-state index contributed by atoms with van der Waals surface area (Å²) in [7, 11) is 0. The molecule has 0 amide bonds. The molecular weight excluding hydrogens is 278 g/mol. The molecule has 0 spiro atoms. The van der Waals surface area contributed by atoms with Crippen LogP contribution in [-0.4, -0.2) is 57.0 Å². The van der Waals surface area contributed by atoms with Crippen LogP contribution in [0.4, 0.5) is 0 Å². The molecule has 7 atom stereocenters. The highest BCUT2D eigenvalue weighted by molar-refractivity contribution is 7.99. The zero-order chi connectivity index (χ0) is 15.3. The van der Waals surface area contributed by atoms with E-state index in [4.69, 9.17) is 10.5 Å². The summed E-state index contributed by atoms with van der Waals surface area (Å²) in [5.74, 6) is 0.633. The van der Waals surface area contributed by atoms with Crippen LogP contribution in [0.15, 0.2) is 25.3 Å². The van der Waals surface area contributed by atoms with Gasteiger partial charge in [-0.3, -0.25) is 0 Å². The Balaban J connectivity index is 2.78. The molecule has 0 bridgehead atoms. The predicted molar refractivity (Wildman–Crippen MR) is 81.3 cm³/mol. The van der Waals surface area contributed by atoms with Gasteiger partial charge < -0.3 is 25.8 Å². The van der Waals surface area contributed by atoms with Crippen molar-refractivity contribution in [3.05, 3.63) is 25.3 Å². The van der Waals surface area contributed by atoms with Gasteiger partial charge in [-0.05, 0) is 12.3 Å². The molecule has 0 aromatic carbocycles. The molecule has 20 heavy (non-hydrogen) atoms. The molecule has 0 radical (unpaired) electrons. The van der Waals surface area contributed by atoms with Crippen molar-refractivity contribution in [3.63, 3.8) is 0 Å². The summed E-state index contributed by atoms with van der Waals surface area (Å²) in [5.41, 5.74) is 5.49. The van der Waals surface area contributed by atoms with Gasteiger partial charge in [0.1, 0.15) is 29.9 Å². The Bertz CT molecular complexity index is 328. The minimum Gasteiger partial charge on any atom is -0.388 e. The van der Waals surface area contributed by atoms with E-state index in [0.717, 1.165) is 0 Å². The monoisotopic (exact) mass is 303 g/mol. The predicted octanol–water partition coefficient (Wildman–Crippen LogP) is 0.253. The Morgan fingerprint density at radius 3 is 2.40 bits per heavy atom. The largest absolute Gasteiger partial charge is 0.388 e. The molecule has 1 rings (SSSR count). The summed E-state index contributed by atoms with van der Waals surface area (Å²) in [6, 6.07) is -0.447. The molecule has 116 valence electrons. The van der Waals surface area contributed by atoms with Crippen molar-refractivity contribution in [3.8, 4) is 0 Å². The lowest BCUT2D eigenvalue weighted by Gasteiger charge is -2.43. The molecule has 6 heteroatoms. The summed E-state index contributed by atoms with van der Waals surface area (Å²) in [6.45, 7) is 9.21. The third kappa shape index (κ3) is 4.07. The number of rotatable bonds is 7. The van der Waals surface area contributed by atoms with Crippen LogP contribution >= 0.6 is 11.8 Å². The second kappa shape index (κ2) is 8.17. The van der Waals surface area contributed by atoms with Gasteiger partial charge in [-0.1, -0.05) is 19.1 Å². The van der Waals surface area contributed by atoms with Crippen LogP contribution in [0.1, 0.15) is 13.3 Å². The first-order valence-corrected chi connectivity index (χ1v) is 7.77. The molecule has 5 nitrogen and oxygen atoms in total. The minimum absolute atomic E-state index is 0.0552. The lowest BCUT2D eigenvalue weighted by molar-refractivity contribution is -0.205. The van der Waals surface area contributed by atoms with Gasteiger partial charge in [-0.25, -0.2) is 0 Å². The summed E-state index contributed by atoms with van der Waals surface area (Å²) in [6.07, 6.45) is -0.191. The molecule has 0 saturated carbocycles. The molecule has 1 heterocycles. The average molecular weight is 303 g/mol. The van der Waals surface area contributed by atoms with Crippen LogP contribution in [0.25, 0.3) is 0 Å². The highest BCUT2D eigenvalue weighted by Crippen LogP contribution is 2.31. The summed E-state index contributed by atoms with van der Waals surface area (Å²) >= 11 is 1.32. The first kappa shape index (κ1) is 17.7. The maximum absolute atomic E-state index is 10.1. The molecule has 0 aromatic heterocycles. The van der Waals surface area contributed by atoms with Crippen LogP contribution in [0, 0.1) is 5.92 Å². The summed E-state index contributed by atoms with van der Waals surface area (Å²) in [5, 5.41) is 29.9. The number of nitrogens with two attached hydrogens (primary N) is 1. The van der Waals surface area contributed by atoms with Crippen molar-refractivity contribution in [1.29, 1.82) is 0 Å². The van der Waals surface area contributed by atoms with Crippen LogP contribution in [0.3, 0.4) is 0 Å². The van der Waals surface area contributed by atoms with Crippen LogP contribution in [0.5, 0.6) is 0 Å². The second-order valence-corrected chi connectivity index (χ2v) is 6.27. The standard InChI is InChI=1S/C14H25NO4S/c1-4-6-8(3)9(15)13-11(17)10(16)12(18)14(19-13)20-7-5-2/h4-5,8-14,16-18H,1-2,6-7,15H2,3H3.